The van der Waals surface area contributed by atoms with Crippen LogP contribution in [0.15, 0.2) is 0 Å². The summed E-state index contributed by atoms with van der Waals surface area (Å²) in [5, 5.41) is 10.5. The van der Waals surface area contributed by atoms with E-state index in [0.29, 0.717) is 13.0 Å². The Hall–Kier alpha value is -0.120. The van der Waals surface area contributed by atoms with Crippen molar-refractivity contribution in [3.63, 3.8) is 0 Å². The van der Waals surface area contributed by atoms with Crippen molar-refractivity contribution >= 4 is 0 Å². The molecule has 0 radical (unpaired) electrons. The number of aliphatic hydroxyl groups is 1. The van der Waals surface area contributed by atoms with Gasteiger partial charge in [-0.05, 0) is 24.9 Å². The van der Waals surface area contributed by atoms with E-state index >= 15 is 0 Å². The van der Waals surface area contributed by atoms with Crippen LogP contribution < -0.4 is 0 Å². The van der Waals surface area contributed by atoms with Crippen molar-refractivity contribution in [2.75, 3.05) is 20.7 Å². The van der Waals surface area contributed by atoms with Gasteiger partial charge in [0.2, 0.25) is 5.91 Å². The predicted octanol–water partition coefficient (Wildman–Crippen LogP) is 2.69. The van der Waals surface area contributed by atoms with Gasteiger partial charge >= 0.3 is 0 Å². The van der Waals surface area contributed by atoms with Gasteiger partial charge in [0, 0.05) is 6.42 Å². The molecule has 0 aromatic carbocycles. The van der Waals surface area contributed by atoms with Crippen LogP contribution in [0.25, 0.3) is 0 Å². The molecule has 0 aromatic rings. The molecule has 0 fully saturated rings. The zero-order valence-electron chi connectivity index (χ0n) is 12.2. The van der Waals surface area contributed by atoms with Crippen molar-refractivity contribution in [3.05, 3.63) is 0 Å². The molecule has 0 aromatic heterocycles. The Kier molecular flexibility index (Phi) is 4.99. The van der Waals surface area contributed by atoms with Crippen LogP contribution in [0.3, 0.4) is 0 Å². The van der Waals surface area contributed by atoms with E-state index in [2.05, 4.69) is 41.5 Å². The van der Waals surface area contributed by atoms with E-state index in [0.717, 1.165) is 0 Å². The van der Waals surface area contributed by atoms with E-state index < -0.39 is 5.91 Å². The second kappa shape index (κ2) is 5.03. The summed E-state index contributed by atoms with van der Waals surface area (Å²) < 4.78 is 5.71. The molecular weight excluding hydrogens is 202 g/mol. The average Bonchev–Trinajstić information content (AvgIpc) is 1.96. The third kappa shape index (κ3) is 6.46. The Labute approximate surface area is 101 Å². The first kappa shape index (κ1) is 15.9. The number of ether oxygens (including phenoxy) is 1. The number of hydrogen-bond donors (Lipinski definition) is 1. The summed E-state index contributed by atoms with van der Waals surface area (Å²) >= 11 is 0. The van der Waals surface area contributed by atoms with Crippen LogP contribution in [0.4, 0.5) is 0 Å². The van der Waals surface area contributed by atoms with Gasteiger partial charge in [-0.1, -0.05) is 41.5 Å². The summed E-state index contributed by atoms with van der Waals surface area (Å²) in [6.07, 6.45) is 0.586. The van der Waals surface area contributed by atoms with E-state index in [1.165, 1.54) is 0 Å². The highest BCUT2D eigenvalue weighted by atomic mass is 16.6. The van der Waals surface area contributed by atoms with Gasteiger partial charge in [0.15, 0.2) is 0 Å². The molecule has 3 heteroatoms. The summed E-state index contributed by atoms with van der Waals surface area (Å²) in [5.41, 5.74) is 0.0821. The summed E-state index contributed by atoms with van der Waals surface area (Å²) in [7, 11) is 3.68. The van der Waals surface area contributed by atoms with Crippen molar-refractivity contribution in [2.45, 2.75) is 53.9 Å². The highest BCUT2D eigenvalue weighted by Crippen LogP contribution is 2.31. The lowest BCUT2D eigenvalue weighted by Crippen LogP contribution is -2.50. The van der Waals surface area contributed by atoms with E-state index in [9.17, 15) is 5.11 Å². The van der Waals surface area contributed by atoms with Gasteiger partial charge in [0.25, 0.3) is 0 Å². The Morgan fingerprint density at radius 2 is 1.38 bits per heavy atom. The van der Waals surface area contributed by atoms with Crippen LogP contribution in [0.5, 0.6) is 0 Å². The monoisotopic (exact) mass is 231 g/mol. The fourth-order valence-corrected chi connectivity index (χ4v) is 1.36. The van der Waals surface area contributed by atoms with Crippen molar-refractivity contribution in [3.8, 4) is 0 Å². The number of rotatable bonds is 4. The first-order valence-electron chi connectivity index (χ1n) is 5.90. The Bertz CT molecular complexity index is 213. The van der Waals surface area contributed by atoms with Crippen LogP contribution in [-0.4, -0.2) is 36.6 Å². The first-order chi connectivity index (χ1) is 6.86. The maximum Gasteiger partial charge on any atom is 0.227 e. The molecule has 1 N–H and O–H groups in total. The zero-order valence-corrected chi connectivity index (χ0v) is 12.2. The summed E-state index contributed by atoms with van der Waals surface area (Å²) in [6.45, 7) is 13.1. The molecule has 0 saturated heterocycles. The van der Waals surface area contributed by atoms with E-state index in [1.54, 1.807) is 4.90 Å². The first-order valence-corrected chi connectivity index (χ1v) is 5.90. The van der Waals surface area contributed by atoms with Crippen molar-refractivity contribution in [1.29, 1.82) is 0 Å². The number of nitrogens with zero attached hydrogens (tertiary/aromatic N) is 1. The SMILES string of the molecule is CN(C)C(O)(CC(C)(C)C)OCC(C)(C)C. The van der Waals surface area contributed by atoms with Gasteiger partial charge in [0.1, 0.15) is 0 Å². The summed E-state index contributed by atoms with van der Waals surface area (Å²) in [5.74, 6) is -1.18. The van der Waals surface area contributed by atoms with Crippen LogP contribution in [0.1, 0.15) is 48.0 Å². The topological polar surface area (TPSA) is 32.7 Å². The molecule has 0 spiro atoms. The highest BCUT2D eigenvalue weighted by Gasteiger charge is 2.36. The van der Waals surface area contributed by atoms with Gasteiger partial charge in [-0.3, -0.25) is 4.90 Å². The van der Waals surface area contributed by atoms with Gasteiger partial charge in [-0.2, -0.15) is 0 Å². The van der Waals surface area contributed by atoms with Crippen molar-refractivity contribution < 1.29 is 9.84 Å². The van der Waals surface area contributed by atoms with Crippen LogP contribution in [0, 0.1) is 10.8 Å². The number of hydrogen-bond acceptors (Lipinski definition) is 3. The standard InChI is InChI=1S/C13H29NO2/c1-11(2,3)9-13(15,14(7)8)16-10-12(4,5)6/h15H,9-10H2,1-8H3. The fraction of sp³-hybridized carbons (Fsp3) is 1.00. The minimum Gasteiger partial charge on any atom is -0.353 e. The quantitative estimate of drug-likeness (QED) is 0.755. The third-order valence-corrected chi connectivity index (χ3v) is 2.20. The Morgan fingerprint density at radius 1 is 0.938 bits per heavy atom. The second-order valence-electron chi connectivity index (χ2n) is 7.22. The second-order valence-corrected chi connectivity index (χ2v) is 7.22. The minimum atomic E-state index is -1.18. The van der Waals surface area contributed by atoms with Gasteiger partial charge in [-0.25, -0.2) is 0 Å². The molecule has 1 unspecified atom stereocenters. The molecule has 0 aliphatic rings. The molecule has 0 heterocycles. The Morgan fingerprint density at radius 3 is 1.62 bits per heavy atom. The van der Waals surface area contributed by atoms with Crippen LogP contribution in [0.2, 0.25) is 0 Å². The van der Waals surface area contributed by atoms with E-state index in [1.807, 2.05) is 14.1 Å². The molecule has 3 nitrogen and oxygen atoms in total. The average molecular weight is 231 g/mol. The van der Waals surface area contributed by atoms with Crippen molar-refractivity contribution in [2.24, 2.45) is 10.8 Å². The molecule has 0 rings (SSSR count). The van der Waals surface area contributed by atoms with Crippen LogP contribution in [-0.2, 0) is 4.74 Å². The Balaban J connectivity index is 4.59. The van der Waals surface area contributed by atoms with Gasteiger partial charge in [0.05, 0.1) is 6.61 Å². The molecule has 0 amide bonds. The van der Waals surface area contributed by atoms with E-state index in [-0.39, 0.29) is 10.8 Å². The molecule has 1 atom stereocenters. The highest BCUT2D eigenvalue weighted by molar-refractivity contribution is 4.75. The molecule has 0 aliphatic carbocycles. The third-order valence-electron chi connectivity index (χ3n) is 2.20. The lowest BCUT2D eigenvalue weighted by Gasteiger charge is -2.40. The van der Waals surface area contributed by atoms with Gasteiger partial charge in [-0.15, -0.1) is 0 Å². The smallest absolute Gasteiger partial charge is 0.227 e. The molecular formula is C13H29NO2. The molecule has 0 bridgehead atoms. The van der Waals surface area contributed by atoms with Crippen LogP contribution >= 0.6 is 0 Å². The summed E-state index contributed by atoms with van der Waals surface area (Å²) in [6, 6.07) is 0. The summed E-state index contributed by atoms with van der Waals surface area (Å²) in [4.78, 5) is 1.74. The van der Waals surface area contributed by atoms with Crippen molar-refractivity contribution in [1.82, 2.24) is 4.90 Å². The normalized spacial score (nSPS) is 17.6. The zero-order chi connectivity index (χ0) is 13.2. The largest absolute Gasteiger partial charge is 0.353 e. The lowest BCUT2D eigenvalue weighted by atomic mass is 9.89. The fourth-order valence-electron chi connectivity index (χ4n) is 1.36. The molecule has 0 aliphatic heterocycles. The molecule has 0 saturated carbocycles. The molecule has 98 valence electrons. The van der Waals surface area contributed by atoms with E-state index in [4.69, 9.17) is 4.74 Å². The molecule has 16 heavy (non-hydrogen) atoms. The predicted molar refractivity (Wildman–Crippen MR) is 68.1 cm³/mol. The maximum absolute atomic E-state index is 10.5. The minimum absolute atomic E-state index is 0.0247. The lowest BCUT2D eigenvalue weighted by molar-refractivity contribution is -0.301. The maximum atomic E-state index is 10.5. The van der Waals surface area contributed by atoms with Gasteiger partial charge < -0.3 is 9.84 Å².